The van der Waals surface area contributed by atoms with Gasteiger partial charge >= 0.3 is 0 Å². The molecular formula is C61H64O11. The molecule has 2 heterocycles. The summed E-state index contributed by atoms with van der Waals surface area (Å²) in [5.41, 5.74) is 6.80. The van der Waals surface area contributed by atoms with Gasteiger partial charge in [0.2, 0.25) is 0 Å². The summed E-state index contributed by atoms with van der Waals surface area (Å²) in [5, 5.41) is 12.0. The number of hydrogen-bond acceptors (Lipinski definition) is 11. The Labute approximate surface area is 423 Å². The lowest BCUT2D eigenvalue weighted by Gasteiger charge is -2.47. The monoisotopic (exact) mass is 972 g/mol. The lowest BCUT2D eigenvalue weighted by molar-refractivity contribution is -0.349. The predicted molar refractivity (Wildman–Crippen MR) is 272 cm³/mol. The average molecular weight is 973 g/mol. The second-order valence-corrected chi connectivity index (χ2v) is 18.0. The third kappa shape index (κ3) is 14.8. The van der Waals surface area contributed by atoms with Crippen LogP contribution in [0.15, 0.2) is 212 Å². The van der Waals surface area contributed by atoms with E-state index in [0.717, 1.165) is 38.9 Å². The fourth-order valence-electron chi connectivity index (χ4n) is 8.97. The lowest BCUT2D eigenvalue weighted by atomic mass is 9.97. The molecule has 0 amide bonds. The minimum atomic E-state index is -1.41. The zero-order valence-corrected chi connectivity index (χ0v) is 40.4. The minimum Gasteiger partial charge on any atom is -0.374 e. The first-order valence-corrected chi connectivity index (χ1v) is 24.8. The molecule has 11 heteroatoms. The fourth-order valence-corrected chi connectivity index (χ4v) is 8.97. The van der Waals surface area contributed by atoms with Crippen molar-refractivity contribution in [1.29, 1.82) is 0 Å². The minimum absolute atomic E-state index is 0.0957. The summed E-state index contributed by atoms with van der Waals surface area (Å²) >= 11 is 0. The van der Waals surface area contributed by atoms with Crippen molar-refractivity contribution in [3.63, 3.8) is 0 Å². The van der Waals surface area contributed by atoms with Crippen molar-refractivity contribution in [2.24, 2.45) is 0 Å². The van der Waals surface area contributed by atoms with Gasteiger partial charge in [0.1, 0.15) is 48.8 Å². The molecule has 0 unspecified atom stereocenters. The van der Waals surface area contributed by atoms with Gasteiger partial charge < -0.3 is 52.5 Å². The van der Waals surface area contributed by atoms with Crippen molar-refractivity contribution in [2.45, 2.75) is 108 Å². The molecule has 0 aromatic heterocycles. The largest absolute Gasteiger partial charge is 0.374 e. The molecular weight excluding hydrogens is 909 g/mol. The first-order valence-electron chi connectivity index (χ1n) is 24.8. The number of hydrogen-bond donors (Lipinski definition) is 1. The average Bonchev–Trinajstić information content (AvgIpc) is 3.44. The van der Waals surface area contributed by atoms with E-state index in [1.54, 1.807) is 0 Å². The fraction of sp³-hybridized carbons (Fsp3) is 0.311. The highest BCUT2D eigenvalue weighted by Crippen LogP contribution is 2.34. The highest BCUT2D eigenvalue weighted by molar-refractivity contribution is 5.19. The van der Waals surface area contributed by atoms with Crippen LogP contribution in [0.5, 0.6) is 0 Å². The molecule has 1 N–H and O–H groups in total. The Balaban J connectivity index is 1.04. The van der Waals surface area contributed by atoms with E-state index in [9.17, 15) is 5.11 Å². The second kappa shape index (κ2) is 27.2. The Kier molecular flexibility index (Phi) is 19.3. The van der Waals surface area contributed by atoms with Crippen LogP contribution in [-0.2, 0) is 93.6 Å². The van der Waals surface area contributed by atoms with Gasteiger partial charge in [-0.25, -0.2) is 0 Å². The van der Waals surface area contributed by atoms with Crippen LogP contribution < -0.4 is 0 Å². The Morgan fingerprint density at radius 1 is 0.278 bits per heavy atom. The molecule has 7 aromatic rings. The summed E-state index contributed by atoms with van der Waals surface area (Å²) in [4.78, 5) is 0. The smallest absolute Gasteiger partial charge is 0.187 e. The molecule has 0 spiro atoms. The summed E-state index contributed by atoms with van der Waals surface area (Å²) < 4.78 is 67.9. The normalized spacial score (nSPS) is 24.2. The summed E-state index contributed by atoms with van der Waals surface area (Å²) in [7, 11) is 0. The molecule has 2 aliphatic heterocycles. The first-order chi connectivity index (χ1) is 35.6. The van der Waals surface area contributed by atoms with Crippen LogP contribution in [0, 0.1) is 0 Å². The maximum atomic E-state index is 12.0. The van der Waals surface area contributed by atoms with Crippen molar-refractivity contribution in [2.75, 3.05) is 13.2 Å². The van der Waals surface area contributed by atoms with Gasteiger partial charge in [-0.05, 0) is 38.9 Å². The molecule has 2 aliphatic rings. The summed E-state index contributed by atoms with van der Waals surface area (Å²) in [6, 6.07) is 69.7. The third-order valence-corrected chi connectivity index (χ3v) is 12.7. The van der Waals surface area contributed by atoms with Gasteiger partial charge in [-0.15, -0.1) is 0 Å². The Morgan fingerprint density at radius 3 is 0.917 bits per heavy atom. The van der Waals surface area contributed by atoms with Crippen molar-refractivity contribution in [1.82, 2.24) is 0 Å². The van der Waals surface area contributed by atoms with Crippen LogP contribution in [0.1, 0.15) is 38.9 Å². The van der Waals surface area contributed by atoms with Crippen LogP contribution >= 0.6 is 0 Å². The van der Waals surface area contributed by atoms with E-state index in [4.69, 9.17) is 47.4 Å². The van der Waals surface area contributed by atoms with E-state index in [0.29, 0.717) is 6.61 Å². The lowest BCUT2D eigenvalue weighted by Crippen LogP contribution is -2.63. The van der Waals surface area contributed by atoms with Crippen LogP contribution in [0.4, 0.5) is 0 Å². The van der Waals surface area contributed by atoms with E-state index in [1.165, 1.54) is 0 Å². The Hall–Kier alpha value is -5.90. The Morgan fingerprint density at radius 2 is 0.556 bits per heavy atom. The van der Waals surface area contributed by atoms with E-state index in [1.807, 2.05) is 212 Å². The van der Waals surface area contributed by atoms with Gasteiger partial charge in [0, 0.05) is 0 Å². The van der Waals surface area contributed by atoms with Gasteiger partial charge in [0.05, 0.1) is 59.5 Å². The SMILES string of the molecule is O[C@H]1O[C@H](CO[C@@H]2O[C@H](COCc3ccccc3)[C@@H](OCc3ccccc3)[C@H](OCc3ccccc3)[C@@H]2OCc2ccccc2)[C@@H](OCc2ccccc2)[C@H](OCc2ccccc2)[C@@H]1OCc1ccccc1. The molecule has 0 aliphatic carbocycles. The number of aliphatic hydroxyl groups is 1. The Bertz CT molecular complexity index is 2550. The second-order valence-electron chi connectivity index (χ2n) is 18.0. The zero-order chi connectivity index (χ0) is 49.0. The van der Waals surface area contributed by atoms with Gasteiger partial charge in [0.25, 0.3) is 0 Å². The van der Waals surface area contributed by atoms with Gasteiger partial charge in [-0.1, -0.05) is 212 Å². The van der Waals surface area contributed by atoms with E-state index in [-0.39, 0.29) is 52.9 Å². The first kappa shape index (κ1) is 51.0. The van der Waals surface area contributed by atoms with Crippen LogP contribution in [0.3, 0.4) is 0 Å². The van der Waals surface area contributed by atoms with Gasteiger partial charge in [-0.3, -0.25) is 0 Å². The zero-order valence-electron chi connectivity index (χ0n) is 40.4. The molecule has 9 rings (SSSR count). The standard InChI is InChI=1S/C61H64O11/c62-60-58(68-41-50-32-18-6-19-33-50)56(66-39-48-28-14-4-15-29-48)55(65-38-47-26-12-3-13-27-47)53(71-60)44-70-61-59(69-42-51-34-20-7-21-35-51)57(67-40-49-30-16-5-17-31-49)54(64-37-46-24-10-2-11-25-46)52(72-61)43-63-36-45-22-8-1-9-23-45/h1-35,52-62H,36-44H2/t52-,53-,54-,55-,56+,57+,58+,59+,60+,61-/m1/s1. The van der Waals surface area contributed by atoms with Crippen LogP contribution in [0.2, 0.25) is 0 Å². The maximum absolute atomic E-state index is 12.0. The summed E-state index contributed by atoms with van der Waals surface area (Å²) in [6.45, 7) is 1.89. The van der Waals surface area contributed by atoms with Crippen molar-refractivity contribution in [3.05, 3.63) is 251 Å². The molecule has 2 fully saturated rings. The number of rotatable bonds is 25. The topological polar surface area (TPSA) is 113 Å². The highest BCUT2D eigenvalue weighted by atomic mass is 16.7. The molecule has 374 valence electrons. The van der Waals surface area contributed by atoms with Crippen molar-refractivity contribution in [3.8, 4) is 0 Å². The van der Waals surface area contributed by atoms with Gasteiger partial charge in [0.15, 0.2) is 12.6 Å². The molecule has 72 heavy (non-hydrogen) atoms. The van der Waals surface area contributed by atoms with Crippen molar-refractivity contribution < 1.29 is 52.5 Å². The number of benzene rings is 7. The van der Waals surface area contributed by atoms with Crippen molar-refractivity contribution >= 4 is 0 Å². The summed E-state index contributed by atoms with van der Waals surface area (Å²) in [6.07, 6.45) is -8.74. The van der Waals surface area contributed by atoms with E-state index < -0.39 is 61.4 Å². The highest BCUT2D eigenvalue weighted by Gasteiger charge is 2.52. The molecule has 7 aromatic carbocycles. The van der Waals surface area contributed by atoms with E-state index in [2.05, 4.69) is 0 Å². The predicted octanol–water partition coefficient (Wildman–Crippen LogP) is 10.2. The maximum Gasteiger partial charge on any atom is 0.187 e. The number of ether oxygens (including phenoxy) is 10. The van der Waals surface area contributed by atoms with E-state index >= 15 is 0 Å². The molecule has 0 bridgehead atoms. The van der Waals surface area contributed by atoms with Crippen LogP contribution in [-0.4, -0.2) is 79.7 Å². The van der Waals surface area contributed by atoms with Crippen LogP contribution in [0.25, 0.3) is 0 Å². The molecule has 10 atom stereocenters. The van der Waals surface area contributed by atoms with Gasteiger partial charge in [-0.2, -0.15) is 0 Å². The molecule has 2 saturated heterocycles. The molecule has 0 saturated carbocycles. The molecule has 11 nitrogen and oxygen atoms in total. The summed E-state index contributed by atoms with van der Waals surface area (Å²) in [5.74, 6) is 0. The third-order valence-electron chi connectivity index (χ3n) is 12.7. The number of aliphatic hydroxyl groups excluding tert-OH is 1. The molecule has 0 radical (unpaired) electrons. The quantitative estimate of drug-likeness (QED) is 0.0591.